The van der Waals surface area contributed by atoms with E-state index in [2.05, 4.69) is 15.9 Å². The van der Waals surface area contributed by atoms with Gasteiger partial charge in [0.15, 0.2) is 0 Å². The lowest BCUT2D eigenvalue weighted by Crippen LogP contribution is -2.32. The average Bonchev–Trinajstić information content (AvgIpc) is 3.21. The van der Waals surface area contributed by atoms with Crippen LogP contribution in [0, 0.1) is 0 Å². The van der Waals surface area contributed by atoms with Crippen LogP contribution in [0.3, 0.4) is 0 Å². The summed E-state index contributed by atoms with van der Waals surface area (Å²) in [5, 5.41) is 0.723. The fraction of sp³-hybridized carbons (Fsp3) is 0.500. The molecule has 0 atom stereocenters. The minimum Gasteiger partial charge on any atom is -0.496 e. The van der Waals surface area contributed by atoms with Crippen LogP contribution in [0.15, 0.2) is 24.3 Å². The van der Waals surface area contributed by atoms with Crippen molar-refractivity contribution in [1.82, 2.24) is 4.90 Å². The molecule has 0 saturated heterocycles. The molecule has 0 unspecified atom stereocenters. The zero-order valence-electron chi connectivity index (χ0n) is 10.6. The minimum absolute atomic E-state index is 0.222. The Kier molecular flexibility index (Phi) is 4.64. The van der Waals surface area contributed by atoms with E-state index in [0.717, 1.165) is 29.5 Å². The molecule has 0 aliphatic heterocycles. The smallest absolute Gasteiger partial charge is 0.223 e. The highest BCUT2D eigenvalue weighted by Gasteiger charge is 2.32. The highest BCUT2D eigenvalue weighted by Crippen LogP contribution is 2.30. The molecule has 1 aromatic carbocycles. The van der Waals surface area contributed by atoms with E-state index in [1.165, 1.54) is 0 Å². The Balaban J connectivity index is 2.10. The van der Waals surface area contributed by atoms with Crippen molar-refractivity contribution in [2.24, 2.45) is 0 Å². The average molecular weight is 312 g/mol. The summed E-state index contributed by atoms with van der Waals surface area (Å²) >= 11 is 3.33. The summed E-state index contributed by atoms with van der Waals surface area (Å²) in [6.07, 6.45) is 2.82. The highest BCUT2D eigenvalue weighted by molar-refractivity contribution is 9.09. The lowest BCUT2D eigenvalue weighted by molar-refractivity contribution is -0.131. The summed E-state index contributed by atoms with van der Waals surface area (Å²) < 4.78 is 5.34. The molecule has 2 rings (SSSR count). The van der Waals surface area contributed by atoms with E-state index in [4.69, 9.17) is 4.74 Å². The van der Waals surface area contributed by atoms with Crippen LogP contribution in [-0.4, -0.2) is 29.3 Å². The standard InChI is InChI=1S/C14H18BrNO2/c1-18-13-5-3-2-4-11(13)10-16(12-6-7-12)14(17)8-9-15/h2-5,12H,6-10H2,1H3. The van der Waals surface area contributed by atoms with Crippen LogP contribution in [0.5, 0.6) is 5.75 Å². The number of hydrogen-bond donors (Lipinski definition) is 0. The van der Waals surface area contributed by atoms with Crippen molar-refractivity contribution >= 4 is 21.8 Å². The molecular formula is C14H18BrNO2. The van der Waals surface area contributed by atoms with Gasteiger partial charge in [-0.3, -0.25) is 4.79 Å². The lowest BCUT2D eigenvalue weighted by Gasteiger charge is -2.23. The van der Waals surface area contributed by atoms with E-state index in [1.54, 1.807) is 7.11 Å². The Bertz CT molecular complexity index is 418. The molecule has 3 nitrogen and oxygen atoms in total. The summed E-state index contributed by atoms with van der Waals surface area (Å²) in [6.45, 7) is 0.653. The second-order valence-electron chi connectivity index (χ2n) is 4.50. The number of hydrogen-bond acceptors (Lipinski definition) is 2. The molecule has 1 saturated carbocycles. The van der Waals surface area contributed by atoms with Crippen LogP contribution >= 0.6 is 15.9 Å². The minimum atomic E-state index is 0.222. The number of para-hydroxylation sites is 1. The maximum Gasteiger partial charge on any atom is 0.223 e. The molecule has 1 fully saturated rings. The van der Waals surface area contributed by atoms with Gasteiger partial charge in [-0.15, -0.1) is 0 Å². The molecule has 0 N–H and O–H groups in total. The summed E-state index contributed by atoms with van der Waals surface area (Å²) in [4.78, 5) is 14.1. The van der Waals surface area contributed by atoms with E-state index in [-0.39, 0.29) is 5.91 Å². The molecule has 4 heteroatoms. The van der Waals surface area contributed by atoms with E-state index in [0.29, 0.717) is 19.0 Å². The Morgan fingerprint density at radius 2 is 2.17 bits per heavy atom. The number of rotatable bonds is 6. The van der Waals surface area contributed by atoms with Crippen LogP contribution in [0.2, 0.25) is 0 Å². The molecule has 0 bridgehead atoms. The van der Waals surface area contributed by atoms with Gasteiger partial charge in [-0.1, -0.05) is 34.1 Å². The predicted molar refractivity (Wildman–Crippen MR) is 75.0 cm³/mol. The van der Waals surface area contributed by atoms with Gasteiger partial charge in [0.25, 0.3) is 0 Å². The monoisotopic (exact) mass is 311 g/mol. The Morgan fingerprint density at radius 3 is 2.78 bits per heavy atom. The molecular weight excluding hydrogens is 294 g/mol. The number of alkyl halides is 1. The molecule has 98 valence electrons. The maximum atomic E-state index is 12.1. The third-order valence-electron chi connectivity index (χ3n) is 3.15. The maximum absolute atomic E-state index is 12.1. The first kappa shape index (κ1) is 13.4. The van der Waals surface area contributed by atoms with E-state index in [1.807, 2.05) is 29.2 Å². The summed E-state index contributed by atoms with van der Waals surface area (Å²) in [5.74, 6) is 1.08. The van der Waals surface area contributed by atoms with Crippen molar-refractivity contribution in [2.75, 3.05) is 12.4 Å². The van der Waals surface area contributed by atoms with Gasteiger partial charge in [0.05, 0.1) is 7.11 Å². The first-order valence-electron chi connectivity index (χ1n) is 6.23. The molecule has 0 spiro atoms. The largest absolute Gasteiger partial charge is 0.496 e. The zero-order valence-corrected chi connectivity index (χ0v) is 12.1. The Hall–Kier alpha value is -1.03. The predicted octanol–water partition coefficient (Wildman–Crippen LogP) is 2.97. The molecule has 1 aromatic rings. The number of nitrogens with zero attached hydrogens (tertiary/aromatic N) is 1. The number of amides is 1. The third kappa shape index (κ3) is 3.25. The first-order valence-corrected chi connectivity index (χ1v) is 7.35. The first-order chi connectivity index (χ1) is 8.76. The normalized spacial score (nSPS) is 14.3. The number of ether oxygens (including phenoxy) is 1. The summed E-state index contributed by atoms with van der Waals surface area (Å²) in [5.41, 5.74) is 1.08. The van der Waals surface area contributed by atoms with E-state index in [9.17, 15) is 4.79 Å². The van der Waals surface area contributed by atoms with Crippen LogP contribution < -0.4 is 4.74 Å². The second-order valence-corrected chi connectivity index (χ2v) is 5.30. The highest BCUT2D eigenvalue weighted by atomic mass is 79.9. The van der Waals surface area contributed by atoms with E-state index >= 15 is 0 Å². The number of methoxy groups -OCH3 is 1. The quantitative estimate of drug-likeness (QED) is 0.756. The topological polar surface area (TPSA) is 29.5 Å². The number of carbonyl (C=O) groups excluding carboxylic acids is 1. The number of carbonyl (C=O) groups is 1. The molecule has 0 aromatic heterocycles. The van der Waals surface area contributed by atoms with Gasteiger partial charge in [-0.2, -0.15) is 0 Å². The molecule has 0 heterocycles. The number of benzene rings is 1. The SMILES string of the molecule is COc1ccccc1CN(C(=O)CCBr)C1CC1. The fourth-order valence-electron chi connectivity index (χ4n) is 2.05. The van der Waals surface area contributed by atoms with Gasteiger partial charge in [0, 0.05) is 29.9 Å². The number of halogens is 1. The van der Waals surface area contributed by atoms with Crippen LogP contribution in [-0.2, 0) is 11.3 Å². The van der Waals surface area contributed by atoms with Gasteiger partial charge in [0.1, 0.15) is 5.75 Å². The van der Waals surface area contributed by atoms with Crippen molar-refractivity contribution < 1.29 is 9.53 Å². The molecule has 18 heavy (non-hydrogen) atoms. The lowest BCUT2D eigenvalue weighted by atomic mass is 10.2. The molecule has 1 amide bonds. The van der Waals surface area contributed by atoms with E-state index < -0.39 is 0 Å². The van der Waals surface area contributed by atoms with Gasteiger partial charge in [-0.25, -0.2) is 0 Å². The van der Waals surface area contributed by atoms with Crippen LogP contribution in [0.25, 0.3) is 0 Å². The molecule has 0 radical (unpaired) electrons. The van der Waals surface area contributed by atoms with Crippen molar-refractivity contribution in [3.05, 3.63) is 29.8 Å². The fourth-order valence-corrected chi connectivity index (χ4v) is 2.39. The van der Waals surface area contributed by atoms with Crippen LogP contribution in [0.1, 0.15) is 24.8 Å². The van der Waals surface area contributed by atoms with Gasteiger partial charge in [-0.05, 0) is 18.9 Å². The van der Waals surface area contributed by atoms with Crippen molar-refractivity contribution in [3.63, 3.8) is 0 Å². The van der Waals surface area contributed by atoms with Gasteiger partial charge in [0.2, 0.25) is 5.91 Å². The molecule has 1 aliphatic rings. The second kappa shape index (κ2) is 6.23. The third-order valence-corrected chi connectivity index (χ3v) is 3.55. The zero-order chi connectivity index (χ0) is 13.0. The van der Waals surface area contributed by atoms with Crippen molar-refractivity contribution in [1.29, 1.82) is 0 Å². The Morgan fingerprint density at radius 1 is 1.44 bits per heavy atom. The van der Waals surface area contributed by atoms with Gasteiger partial charge < -0.3 is 9.64 Å². The van der Waals surface area contributed by atoms with Crippen molar-refractivity contribution in [3.8, 4) is 5.75 Å². The Labute approximate surface area is 116 Å². The summed E-state index contributed by atoms with van der Waals surface area (Å²) in [6, 6.07) is 8.33. The van der Waals surface area contributed by atoms with Gasteiger partial charge >= 0.3 is 0 Å². The van der Waals surface area contributed by atoms with Crippen LogP contribution in [0.4, 0.5) is 0 Å². The molecule has 1 aliphatic carbocycles. The van der Waals surface area contributed by atoms with Crippen molar-refractivity contribution in [2.45, 2.75) is 31.8 Å². The summed E-state index contributed by atoms with van der Waals surface area (Å²) in [7, 11) is 1.67.